The Labute approximate surface area is 172 Å². The van der Waals surface area contributed by atoms with Crippen molar-refractivity contribution in [1.29, 1.82) is 0 Å². The van der Waals surface area contributed by atoms with Crippen LogP contribution in [0.3, 0.4) is 0 Å². The third kappa shape index (κ3) is 3.00. The standard InChI is InChI=1S/C24H36N2O.CH4/c1-16-4-7-21-20-6-5-17-14-18(26-27-19-10-13-25-15-19)8-11-24(17,3)22(20)9-12-23(16,21)2;/h14,19-22,25H,1,4-13,15H2,2-3H3;1H4/t19?,20?,21?,22?,23-,24+;/m1./s1. The highest BCUT2D eigenvalue weighted by molar-refractivity contribution is 5.96. The van der Waals surface area contributed by atoms with Gasteiger partial charge in [0.15, 0.2) is 0 Å². The van der Waals surface area contributed by atoms with E-state index < -0.39 is 0 Å². The summed E-state index contributed by atoms with van der Waals surface area (Å²) >= 11 is 0. The molecule has 4 unspecified atom stereocenters. The molecule has 6 atom stereocenters. The van der Waals surface area contributed by atoms with E-state index in [1.54, 1.807) is 11.1 Å². The molecule has 1 aliphatic heterocycles. The van der Waals surface area contributed by atoms with E-state index in [1.165, 1.54) is 50.7 Å². The SMILES string of the molecule is C.C=C1CCC2C3CCC4=CC(=NOC5CCNC5)CC[C@]4(C)C3CC[C@]12C. The first-order valence-electron chi connectivity index (χ1n) is 11.3. The normalized spacial score (nSPS) is 46.3. The molecule has 0 aromatic rings. The summed E-state index contributed by atoms with van der Waals surface area (Å²) in [7, 11) is 0. The minimum Gasteiger partial charge on any atom is -0.391 e. The van der Waals surface area contributed by atoms with Gasteiger partial charge in [-0.05, 0) is 92.6 Å². The van der Waals surface area contributed by atoms with Crippen LogP contribution in [0.1, 0.15) is 79.1 Å². The topological polar surface area (TPSA) is 33.6 Å². The Hall–Kier alpha value is -1.09. The molecular formula is C25H40N2O. The van der Waals surface area contributed by atoms with E-state index in [-0.39, 0.29) is 13.5 Å². The number of fused-ring (bicyclic) bond motifs is 5. The fraction of sp³-hybridized carbons (Fsp3) is 0.800. The zero-order valence-electron chi connectivity index (χ0n) is 17.2. The van der Waals surface area contributed by atoms with E-state index in [2.05, 4.69) is 37.0 Å². The molecule has 3 saturated carbocycles. The molecule has 0 spiro atoms. The van der Waals surface area contributed by atoms with E-state index in [1.807, 2.05) is 0 Å². The third-order valence-electron chi connectivity index (χ3n) is 9.27. The van der Waals surface area contributed by atoms with Crippen LogP contribution in [0.15, 0.2) is 29.0 Å². The lowest BCUT2D eigenvalue weighted by molar-refractivity contribution is -0.0227. The van der Waals surface area contributed by atoms with Gasteiger partial charge in [-0.3, -0.25) is 0 Å². The number of hydrogen-bond donors (Lipinski definition) is 1. The molecule has 1 saturated heterocycles. The van der Waals surface area contributed by atoms with Gasteiger partial charge < -0.3 is 10.2 Å². The summed E-state index contributed by atoms with van der Waals surface area (Å²) in [5.74, 6) is 2.66. The average Bonchev–Trinajstić information content (AvgIpc) is 3.28. The third-order valence-corrected chi connectivity index (χ3v) is 9.27. The molecule has 5 aliphatic rings. The Balaban J connectivity index is 0.00000192. The number of hydrogen-bond acceptors (Lipinski definition) is 3. The van der Waals surface area contributed by atoms with Crippen LogP contribution in [0.2, 0.25) is 0 Å². The molecule has 0 aromatic carbocycles. The Morgan fingerprint density at radius 2 is 1.86 bits per heavy atom. The van der Waals surface area contributed by atoms with Gasteiger partial charge in [0.1, 0.15) is 6.10 Å². The summed E-state index contributed by atoms with van der Waals surface area (Å²) in [5, 5.41) is 7.91. The van der Waals surface area contributed by atoms with Crippen LogP contribution in [0, 0.1) is 28.6 Å². The highest BCUT2D eigenvalue weighted by Crippen LogP contribution is 2.66. The van der Waals surface area contributed by atoms with Crippen LogP contribution in [0.4, 0.5) is 0 Å². The molecule has 3 heteroatoms. The molecule has 5 rings (SSSR count). The van der Waals surface area contributed by atoms with Crippen molar-refractivity contribution >= 4 is 5.71 Å². The van der Waals surface area contributed by atoms with Crippen LogP contribution >= 0.6 is 0 Å². The lowest BCUT2D eigenvalue weighted by Gasteiger charge is -2.57. The van der Waals surface area contributed by atoms with Gasteiger partial charge in [-0.1, -0.05) is 44.2 Å². The van der Waals surface area contributed by atoms with E-state index in [0.717, 1.165) is 43.7 Å². The second-order valence-corrected chi connectivity index (χ2v) is 10.4. The van der Waals surface area contributed by atoms with Gasteiger partial charge in [0.05, 0.1) is 5.71 Å². The Bertz CT molecular complexity index is 689. The van der Waals surface area contributed by atoms with Crippen LogP contribution in [0.25, 0.3) is 0 Å². The van der Waals surface area contributed by atoms with Crippen molar-refractivity contribution in [1.82, 2.24) is 5.32 Å². The average molecular weight is 385 g/mol. The molecule has 0 amide bonds. The van der Waals surface area contributed by atoms with Gasteiger partial charge in [0.25, 0.3) is 0 Å². The fourth-order valence-corrected chi connectivity index (χ4v) is 7.41. The molecule has 3 nitrogen and oxygen atoms in total. The first kappa shape index (κ1) is 20.2. The van der Waals surface area contributed by atoms with Crippen molar-refractivity contribution in [2.45, 2.75) is 85.2 Å². The Morgan fingerprint density at radius 3 is 2.64 bits per heavy atom. The molecule has 0 radical (unpaired) electrons. The van der Waals surface area contributed by atoms with E-state index in [4.69, 9.17) is 4.84 Å². The molecular weight excluding hydrogens is 344 g/mol. The number of nitrogens with zero attached hydrogens (tertiary/aromatic N) is 1. The van der Waals surface area contributed by atoms with Crippen molar-refractivity contribution in [3.05, 3.63) is 23.8 Å². The fourth-order valence-electron chi connectivity index (χ4n) is 7.41. The van der Waals surface area contributed by atoms with Crippen molar-refractivity contribution in [3.8, 4) is 0 Å². The number of nitrogens with one attached hydrogen (secondary N) is 1. The predicted octanol–water partition coefficient (Wildman–Crippen LogP) is 5.88. The maximum atomic E-state index is 5.81. The molecule has 1 N–H and O–H groups in total. The quantitative estimate of drug-likeness (QED) is 0.477. The summed E-state index contributed by atoms with van der Waals surface area (Å²) in [6.07, 6.45) is 14.2. The van der Waals surface area contributed by atoms with Gasteiger partial charge in [-0.25, -0.2) is 0 Å². The number of oxime groups is 1. The van der Waals surface area contributed by atoms with Gasteiger partial charge in [-0.2, -0.15) is 0 Å². The van der Waals surface area contributed by atoms with Crippen molar-refractivity contribution in [3.63, 3.8) is 0 Å². The minimum absolute atomic E-state index is 0. The van der Waals surface area contributed by atoms with E-state index >= 15 is 0 Å². The molecule has 0 bridgehead atoms. The van der Waals surface area contributed by atoms with Crippen molar-refractivity contribution < 1.29 is 4.84 Å². The smallest absolute Gasteiger partial charge is 0.141 e. The molecule has 28 heavy (non-hydrogen) atoms. The largest absolute Gasteiger partial charge is 0.391 e. The molecule has 1 heterocycles. The van der Waals surface area contributed by atoms with E-state index in [0.29, 0.717) is 10.8 Å². The number of allylic oxidation sites excluding steroid dienone is 3. The maximum Gasteiger partial charge on any atom is 0.141 e. The van der Waals surface area contributed by atoms with E-state index in [9.17, 15) is 0 Å². The van der Waals surface area contributed by atoms with Crippen LogP contribution in [0.5, 0.6) is 0 Å². The Morgan fingerprint density at radius 1 is 1.04 bits per heavy atom. The summed E-state index contributed by atoms with van der Waals surface area (Å²) in [6, 6.07) is 0. The molecule has 4 fully saturated rings. The van der Waals surface area contributed by atoms with Crippen molar-refractivity contribution in [2.75, 3.05) is 13.1 Å². The summed E-state index contributed by atoms with van der Waals surface area (Å²) in [4.78, 5) is 5.81. The molecule has 156 valence electrons. The molecule has 0 aromatic heterocycles. The monoisotopic (exact) mass is 384 g/mol. The lowest BCUT2D eigenvalue weighted by atomic mass is 9.47. The minimum atomic E-state index is 0. The van der Waals surface area contributed by atoms with Crippen LogP contribution in [-0.2, 0) is 4.84 Å². The summed E-state index contributed by atoms with van der Waals surface area (Å²) in [6.45, 7) is 11.6. The predicted molar refractivity (Wildman–Crippen MR) is 117 cm³/mol. The van der Waals surface area contributed by atoms with Gasteiger partial charge in [0, 0.05) is 13.0 Å². The maximum absolute atomic E-state index is 5.81. The Kier molecular flexibility index (Phi) is 5.27. The second-order valence-electron chi connectivity index (χ2n) is 10.4. The van der Waals surface area contributed by atoms with Gasteiger partial charge in [-0.15, -0.1) is 0 Å². The summed E-state index contributed by atoms with van der Waals surface area (Å²) < 4.78 is 0. The first-order chi connectivity index (χ1) is 13.0. The first-order valence-corrected chi connectivity index (χ1v) is 11.3. The highest BCUT2D eigenvalue weighted by Gasteiger charge is 2.57. The van der Waals surface area contributed by atoms with Crippen LogP contribution < -0.4 is 5.32 Å². The second kappa shape index (κ2) is 7.31. The van der Waals surface area contributed by atoms with Gasteiger partial charge in [0.2, 0.25) is 0 Å². The zero-order chi connectivity index (χ0) is 18.6. The van der Waals surface area contributed by atoms with Gasteiger partial charge >= 0.3 is 0 Å². The zero-order valence-corrected chi connectivity index (χ0v) is 17.2. The van der Waals surface area contributed by atoms with Crippen molar-refractivity contribution in [2.24, 2.45) is 33.7 Å². The lowest BCUT2D eigenvalue weighted by Crippen LogP contribution is -2.49. The molecule has 4 aliphatic carbocycles. The number of rotatable bonds is 2. The highest BCUT2D eigenvalue weighted by atomic mass is 16.6. The summed E-state index contributed by atoms with van der Waals surface area (Å²) in [5.41, 5.74) is 5.23. The van der Waals surface area contributed by atoms with Crippen LogP contribution in [-0.4, -0.2) is 24.9 Å².